The molecule has 1 atom stereocenters. The Hall–Kier alpha value is -2.44. The van der Waals surface area contributed by atoms with E-state index in [0.29, 0.717) is 0 Å². The van der Waals surface area contributed by atoms with Gasteiger partial charge in [0.25, 0.3) is 5.91 Å². The number of urea groups is 1. The predicted molar refractivity (Wildman–Crippen MR) is 57.4 cm³/mol. The summed E-state index contributed by atoms with van der Waals surface area (Å²) in [6.45, 7) is 1.41. The Kier molecular flexibility index (Phi) is 2.54. The van der Waals surface area contributed by atoms with Crippen LogP contribution in [0.3, 0.4) is 0 Å². The standard InChI is InChI=1S/C11H9FN2O4/c1-11(9(17)13-10(18)14-11)5-2-3-6(8(15)16)7(12)4-5/h2-4H,1H3,(H,15,16)(H2,13,14,17,18). The van der Waals surface area contributed by atoms with Gasteiger partial charge < -0.3 is 10.4 Å². The molecule has 3 N–H and O–H groups in total. The van der Waals surface area contributed by atoms with Gasteiger partial charge in [0.1, 0.15) is 11.4 Å². The fraction of sp³-hybridized carbons (Fsp3) is 0.182. The second-order valence-corrected chi connectivity index (χ2v) is 4.03. The molecule has 1 fully saturated rings. The molecule has 0 bridgehead atoms. The maximum absolute atomic E-state index is 13.5. The molecule has 1 aliphatic rings. The molecule has 0 radical (unpaired) electrons. The minimum atomic E-state index is -1.40. The Morgan fingerprint density at radius 3 is 2.50 bits per heavy atom. The number of rotatable bonds is 2. The topological polar surface area (TPSA) is 95.5 Å². The molecule has 0 saturated carbocycles. The normalized spacial score (nSPS) is 22.6. The van der Waals surface area contributed by atoms with Gasteiger partial charge in [-0.2, -0.15) is 0 Å². The fourth-order valence-electron chi connectivity index (χ4n) is 1.75. The van der Waals surface area contributed by atoms with Crippen LogP contribution in [0.1, 0.15) is 22.8 Å². The number of carboxylic acids is 1. The summed E-state index contributed by atoms with van der Waals surface area (Å²) in [5, 5.41) is 13.1. The highest BCUT2D eigenvalue weighted by atomic mass is 19.1. The summed E-state index contributed by atoms with van der Waals surface area (Å²) < 4.78 is 13.5. The first kappa shape index (κ1) is 12.0. The highest BCUT2D eigenvalue weighted by Crippen LogP contribution is 2.25. The van der Waals surface area contributed by atoms with E-state index in [1.807, 2.05) is 5.32 Å². The van der Waals surface area contributed by atoms with Crippen LogP contribution >= 0.6 is 0 Å². The van der Waals surface area contributed by atoms with Crippen LogP contribution in [0.2, 0.25) is 0 Å². The second-order valence-electron chi connectivity index (χ2n) is 4.03. The van der Waals surface area contributed by atoms with E-state index in [0.717, 1.165) is 12.1 Å². The zero-order valence-electron chi connectivity index (χ0n) is 9.28. The van der Waals surface area contributed by atoms with Gasteiger partial charge in [0.15, 0.2) is 0 Å². The molecule has 94 valence electrons. The van der Waals surface area contributed by atoms with Gasteiger partial charge in [-0.1, -0.05) is 6.07 Å². The molecule has 1 aromatic carbocycles. The molecule has 1 unspecified atom stereocenters. The number of hydrogen-bond acceptors (Lipinski definition) is 3. The van der Waals surface area contributed by atoms with Crippen molar-refractivity contribution in [3.05, 3.63) is 35.1 Å². The van der Waals surface area contributed by atoms with E-state index in [2.05, 4.69) is 5.32 Å². The van der Waals surface area contributed by atoms with Crippen molar-refractivity contribution in [2.75, 3.05) is 0 Å². The maximum Gasteiger partial charge on any atom is 0.338 e. The van der Waals surface area contributed by atoms with Gasteiger partial charge >= 0.3 is 12.0 Å². The lowest BCUT2D eigenvalue weighted by Gasteiger charge is -2.21. The average molecular weight is 252 g/mol. The summed E-state index contributed by atoms with van der Waals surface area (Å²) in [6.07, 6.45) is 0. The molecule has 0 aromatic heterocycles. The number of carbonyl (C=O) groups excluding carboxylic acids is 2. The van der Waals surface area contributed by atoms with Gasteiger partial charge in [0.2, 0.25) is 0 Å². The highest BCUT2D eigenvalue weighted by molar-refractivity contribution is 6.07. The van der Waals surface area contributed by atoms with Crippen LogP contribution in [0.4, 0.5) is 9.18 Å². The first-order valence-electron chi connectivity index (χ1n) is 5.01. The molecule has 7 heteroatoms. The van der Waals surface area contributed by atoms with Crippen LogP contribution in [0, 0.1) is 5.82 Å². The molecular weight excluding hydrogens is 243 g/mol. The summed E-state index contributed by atoms with van der Waals surface area (Å²) in [4.78, 5) is 33.3. The summed E-state index contributed by atoms with van der Waals surface area (Å²) in [5.41, 5.74) is -1.71. The average Bonchev–Trinajstić information content (AvgIpc) is 2.53. The van der Waals surface area contributed by atoms with E-state index in [1.165, 1.54) is 13.0 Å². The van der Waals surface area contributed by atoms with Gasteiger partial charge in [0, 0.05) is 0 Å². The van der Waals surface area contributed by atoms with Crippen molar-refractivity contribution < 1.29 is 23.9 Å². The lowest BCUT2D eigenvalue weighted by Crippen LogP contribution is -2.40. The fourth-order valence-corrected chi connectivity index (χ4v) is 1.75. The Labute approximate surface area is 101 Å². The first-order chi connectivity index (χ1) is 8.34. The van der Waals surface area contributed by atoms with Crippen molar-refractivity contribution in [1.82, 2.24) is 10.6 Å². The van der Waals surface area contributed by atoms with E-state index in [9.17, 15) is 18.8 Å². The van der Waals surface area contributed by atoms with Crippen molar-refractivity contribution in [2.24, 2.45) is 0 Å². The maximum atomic E-state index is 13.5. The number of nitrogens with one attached hydrogen (secondary N) is 2. The molecule has 1 saturated heterocycles. The smallest absolute Gasteiger partial charge is 0.338 e. The molecule has 18 heavy (non-hydrogen) atoms. The van der Waals surface area contributed by atoms with Gasteiger partial charge in [-0.15, -0.1) is 0 Å². The summed E-state index contributed by atoms with van der Waals surface area (Å²) in [7, 11) is 0. The minimum Gasteiger partial charge on any atom is -0.478 e. The first-order valence-corrected chi connectivity index (χ1v) is 5.01. The quantitative estimate of drug-likeness (QED) is 0.671. The van der Waals surface area contributed by atoms with Gasteiger partial charge in [-0.3, -0.25) is 10.1 Å². The minimum absolute atomic E-state index is 0.174. The molecule has 1 aromatic rings. The molecular formula is C11H9FN2O4. The number of amides is 3. The Morgan fingerprint density at radius 2 is 2.06 bits per heavy atom. The Balaban J connectivity index is 2.47. The lowest BCUT2D eigenvalue weighted by atomic mass is 9.91. The van der Waals surface area contributed by atoms with Crippen molar-refractivity contribution in [2.45, 2.75) is 12.5 Å². The molecule has 0 aliphatic carbocycles. The van der Waals surface area contributed by atoms with Crippen LogP contribution in [-0.4, -0.2) is 23.0 Å². The SMILES string of the molecule is CC1(c2ccc(C(=O)O)c(F)c2)NC(=O)NC1=O. The Bertz CT molecular complexity index is 572. The molecule has 1 heterocycles. The molecule has 6 nitrogen and oxygen atoms in total. The number of benzene rings is 1. The van der Waals surface area contributed by atoms with E-state index in [-0.39, 0.29) is 5.56 Å². The number of aromatic carboxylic acids is 1. The third kappa shape index (κ3) is 1.69. The van der Waals surface area contributed by atoms with Crippen molar-refractivity contribution in [3.63, 3.8) is 0 Å². The van der Waals surface area contributed by atoms with Gasteiger partial charge in [-0.25, -0.2) is 14.0 Å². The van der Waals surface area contributed by atoms with Crippen LogP contribution < -0.4 is 10.6 Å². The van der Waals surface area contributed by atoms with Gasteiger partial charge in [-0.05, 0) is 24.6 Å². The number of hydrogen-bond donors (Lipinski definition) is 3. The van der Waals surface area contributed by atoms with E-state index in [1.54, 1.807) is 0 Å². The number of imide groups is 1. The molecule has 0 spiro atoms. The highest BCUT2D eigenvalue weighted by Gasteiger charge is 2.43. The summed E-state index contributed by atoms with van der Waals surface area (Å²) in [6, 6.07) is 2.59. The number of carbonyl (C=O) groups is 3. The van der Waals surface area contributed by atoms with Crippen LogP contribution in [-0.2, 0) is 10.3 Å². The molecule has 2 rings (SSSR count). The van der Waals surface area contributed by atoms with Crippen molar-refractivity contribution in [1.29, 1.82) is 0 Å². The number of carboxylic acid groups (broad SMARTS) is 1. The zero-order chi connectivity index (χ0) is 13.5. The number of halogens is 1. The van der Waals surface area contributed by atoms with Crippen LogP contribution in [0.25, 0.3) is 0 Å². The van der Waals surface area contributed by atoms with Gasteiger partial charge in [0.05, 0.1) is 5.56 Å². The zero-order valence-corrected chi connectivity index (χ0v) is 9.28. The van der Waals surface area contributed by atoms with E-state index >= 15 is 0 Å². The summed E-state index contributed by atoms with van der Waals surface area (Å²) >= 11 is 0. The lowest BCUT2D eigenvalue weighted by molar-refractivity contribution is -0.123. The Morgan fingerprint density at radius 1 is 1.39 bits per heavy atom. The van der Waals surface area contributed by atoms with Crippen molar-refractivity contribution in [3.8, 4) is 0 Å². The van der Waals surface area contributed by atoms with Crippen LogP contribution in [0.5, 0.6) is 0 Å². The van der Waals surface area contributed by atoms with Crippen molar-refractivity contribution >= 4 is 17.9 Å². The van der Waals surface area contributed by atoms with E-state index in [4.69, 9.17) is 5.11 Å². The predicted octanol–water partition coefficient (Wildman–Crippen LogP) is 0.579. The van der Waals surface area contributed by atoms with E-state index < -0.39 is 34.8 Å². The molecule has 3 amide bonds. The molecule has 1 aliphatic heterocycles. The third-order valence-electron chi connectivity index (χ3n) is 2.82. The monoisotopic (exact) mass is 252 g/mol. The summed E-state index contributed by atoms with van der Waals surface area (Å²) in [5.74, 6) is -2.98. The third-order valence-corrected chi connectivity index (χ3v) is 2.82. The second kappa shape index (κ2) is 3.80. The largest absolute Gasteiger partial charge is 0.478 e. The van der Waals surface area contributed by atoms with Crippen LogP contribution in [0.15, 0.2) is 18.2 Å².